The number of ether oxygens (including phenoxy) is 2. The summed E-state index contributed by atoms with van der Waals surface area (Å²) in [6.07, 6.45) is 47.6. The topological polar surface area (TPSA) is 93.1 Å². The molecule has 0 saturated heterocycles. The molecule has 0 aromatic carbocycles. The van der Waals surface area contributed by atoms with E-state index in [1.54, 1.807) is 0 Å². The van der Waals surface area contributed by atoms with Crippen molar-refractivity contribution >= 4 is 11.9 Å². The number of carbonyl (C=O) groups excluding carboxylic acids is 2. The molecule has 0 saturated carbocycles. The fourth-order valence-electron chi connectivity index (χ4n) is 5.83. The van der Waals surface area contributed by atoms with Crippen molar-refractivity contribution in [2.45, 2.75) is 200 Å². The second kappa shape index (κ2) is 40.6. The van der Waals surface area contributed by atoms with Gasteiger partial charge in [0.05, 0.1) is 0 Å². The maximum atomic E-state index is 12.0. The molecule has 51 heavy (non-hydrogen) atoms. The molecular formula is C45H80O6. The third-order valence-corrected chi connectivity index (χ3v) is 9.05. The van der Waals surface area contributed by atoms with E-state index < -0.39 is 6.10 Å². The average Bonchev–Trinajstić information content (AvgIpc) is 3.11. The summed E-state index contributed by atoms with van der Waals surface area (Å²) in [4.78, 5) is 24.0. The van der Waals surface area contributed by atoms with Crippen LogP contribution in [-0.4, -0.2) is 48.1 Å². The zero-order chi connectivity index (χ0) is 37.3. The van der Waals surface area contributed by atoms with Crippen LogP contribution in [0.3, 0.4) is 0 Å². The van der Waals surface area contributed by atoms with E-state index in [2.05, 4.69) is 62.5 Å². The summed E-state index contributed by atoms with van der Waals surface area (Å²) in [7, 11) is 0. The molecule has 0 radical (unpaired) electrons. The molecular weight excluding hydrogens is 636 g/mol. The predicted octanol–water partition coefficient (Wildman–Crippen LogP) is 12.2. The molecule has 0 aliphatic rings. The van der Waals surface area contributed by atoms with Gasteiger partial charge in [0, 0.05) is 19.4 Å². The first-order valence-corrected chi connectivity index (χ1v) is 21.2. The fraction of sp³-hybridized carbons (Fsp3) is 0.778. The van der Waals surface area contributed by atoms with Crippen molar-refractivity contribution in [1.82, 2.24) is 0 Å². The van der Waals surface area contributed by atoms with Crippen LogP contribution in [0, 0.1) is 5.92 Å². The molecule has 2 N–H and O–H groups in total. The van der Waals surface area contributed by atoms with Gasteiger partial charge in [0.1, 0.15) is 19.3 Å². The van der Waals surface area contributed by atoms with Gasteiger partial charge in [0.2, 0.25) is 0 Å². The lowest BCUT2D eigenvalue weighted by molar-refractivity contribution is -0.152. The van der Waals surface area contributed by atoms with Gasteiger partial charge in [0.15, 0.2) is 0 Å². The summed E-state index contributed by atoms with van der Waals surface area (Å²) < 4.78 is 10.3. The molecule has 0 amide bonds. The highest BCUT2D eigenvalue weighted by atomic mass is 16.6. The Morgan fingerprint density at radius 2 is 0.824 bits per heavy atom. The molecule has 1 atom stereocenters. The number of aliphatic hydroxyl groups excluding tert-OH is 2. The summed E-state index contributed by atoms with van der Waals surface area (Å²) in [5, 5.41) is 18.8. The third kappa shape index (κ3) is 42.1. The van der Waals surface area contributed by atoms with Gasteiger partial charge in [-0.3, -0.25) is 9.59 Å². The van der Waals surface area contributed by atoms with Crippen LogP contribution < -0.4 is 0 Å². The van der Waals surface area contributed by atoms with Gasteiger partial charge in [-0.05, 0) is 63.7 Å². The normalized spacial score (nSPS) is 12.7. The number of aliphatic hydroxyl groups is 2. The first-order chi connectivity index (χ1) is 25.0. The Labute approximate surface area is 314 Å². The van der Waals surface area contributed by atoms with Gasteiger partial charge in [-0.25, -0.2) is 0 Å². The van der Waals surface area contributed by atoms with Crippen LogP contribution in [0.2, 0.25) is 0 Å². The average molecular weight is 717 g/mol. The van der Waals surface area contributed by atoms with Crippen molar-refractivity contribution in [1.29, 1.82) is 0 Å². The van der Waals surface area contributed by atoms with Gasteiger partial charge in [0.25, 0.3) is 0 Å². The van der Waals surface area contributed by atoms with Crippen molar-refractivity contribution in [3.8, 4) is 0 Å². The van der Waals surface area contributed by atoms with E-state index in [9.17, 15) is 14.7 Å². The largest absolute Gasteiger partial charge is 0.463 e. The van der Waals surface area contributed by atoms with Crippen LogP contribution in [0.5, 0.6) is 0 Å². The minimum Gasteiger partial charge on any atom is -0.463 e. The first kappa shape index (κ1) is 48.8. The zero-order valence-corrected chi connectivity index (χ0v) is 33.2. The number of hydrogen-bond donors (Lipinski definition) is 2. The number of hydrogen-bond acceptors (Lipinski definition) is 6. The summed E-state index contributed by atoms with van der Waals surface area (Å²) in [5.41, 5.74) is 0. The van der Waals surface area contributed by atoms with E-state index in [1.807, 2.05) is 0 Å². The second-order valence-corrected chi connectivity index (χ2v) is 14.7. The molecule has 6 nitrogen and oxygen atoms in total. The summed E-state index contributed by atoms with van der Waals surface area (Å²) in [6, 6.07) is 0. The highest BCUT2D eigenvalue weighted by Gasteiger charge is 2.12. The smallest absolute Gasteiger partial charge is 0.305 e. The maximum absolute atomic E-state index is 12.0. The quantitative estimate of drug-likeness (QED) is 0.0375. The lowest BCUT2D eigenvalue weighted by Gasteiger charge is -2.12. The minimum atomic E-state index is -0.992. The Morgan fingerprint density at radius 3 is 1.25 bits per heavy atom. The molecule has 0 aromatic rings. The third-order valence-electron chi connectivity index (χ3n) is 9.05. The lowest BCUT2D eigenvalue weighted by atomic mass is 10.0. The Kier molecular flexibility index (Phi) is 38.9. The van der Waals surface area contributed by atoms with Crippen LogP contribution >= 0.6 is 0 Å². The molecule has 0 rings (SSSR count). The van der Waals surface area contributed by atoms with Crippen molar-refractivity contribution < 1.29 is 29.3 Å². The minimum absolute atomic E-state index is 0.138. The summed E-state index contributed by atoms with van der Waals surface area (Å²) in [5.74, 6) is 0.215. The van der Waals surface area contributed by atoms with Crippen LogP contribution in [0.15, 0.2) is 48.6 Å². The highest BCUT2D eigenvalue weighted by Crippen LogP contribution is 2.15. The molecule has 0 spiro atoms. The second-order valence-electron chi connectivity index (χ2n) is 14.7. The predicted molar refractivity (Wildman–Crippen MR) is 216 cm³/mol. The SMILES string of the molecule is CC(C)CCCCCCCCCCCCCCCCCCC(=O)OC[C@H](O)COC(=O)CCC/C=C\C/C=C\C/C=C\C/C=C\CCCCCO. The van der Waals surface area contributed by atoms with Gasteiger partial charge >= 0.3 is 11.9 Å². The first-order valence-electron chi connectivity index (χ1n) is 21.2. The monoisotopic (exact) mass is 717 g/mol. The molecule has 0 aromatic heterocycles. The number of allylic oxidation sites excluding steroid dienone is 8. The van der Waals surface area contributed by atoms with Gasteiger partial charge < -0.3 is 19.7 Å². The van der Waals surface area contributed by atoms with Crippen LogP contribution in [0.25, 0.3) is 0 Å². The highest BCUT2D eigenvalue weighted by molar-refractivity contribution is 5.69. The van der Waals surface area contributed by atoms with E-state index in [1.165, 1.54) is 89.9 Å². The van der Waals surface area contributed by atoms with Crippen LogP contribution in [-0.2, 0) is 19.1 Å². The number of rotatable bonds is 38. The van der Waals surface area contributed by atoms with Crippen LogP contribution in [0.1, 0.15) is 194 Å². The molecule has 0 aliphatic heterocycles. The molecule has 0 fully saturated rings. The molecule has 0 unspecified atom stereocenters. The Morgan fingerprint density at radius 1 is 0.471 bits per heavy atom. The Bertz CT molecular complexity index is 874. The van der Waals surface area contributed by atoms with Crippen molar-refractivity contribution in [2.75, 3.05) is 19.8 Å². The Balaban J connectivity index is 3.50. The van der Waals surface area contributed by atoms with Crippen molar-refractivity contribution in [3.05, 3.63) is 48.6 Å². The van der Waals surface area contributed by atoms with Gasteiger partial charge in [-0.2, -0.15) is 0 Å². The summed E-state index contributed by atoms with van der Waals surface area (Å²) in [6.45, 7) is 4.64. The number of unbranched alkanes of at least 4 members (excludes halogenated alkanes) is 19. The molecule has 296 valence electrons. The summed E-state index contributed by atoms with van der Waals surface area (Å²) >= 11 is 0. The molecule has 6 heteroatoms. The molecule has 0 heterocycles. The maximum Gasteiger partial charge on any atom is 0.305 e. The van der Waals surface area contributed by atoms with E-state index in [-0.39, 0.29) is 25.2 Å². The van der Waals surface area contributed by atoms with E-state index in [0.29, 0.717) is 25.9 Å². The van der Waals surface area contributed by atoms with Crippen LogP contribution in [0.4, 0.5) is 0 Å². The van der Waals surface area contributed by atoms with Gasteiger partial charge in [-0.1, -0.05) is 172 Å². The lowest BCUT2D eigenvalue weighted by Crippen LogP contribution is -2.25. The number of esters is 2. The standard InChI is InChI=1S/C45H80O6/c1-42(2)36-32-28-24-20-16-12-8-5-6-10-14-18-22-26-30-34-38-45(49)51-41-43(47)40-50-44(48)37-33-29-25-21-17-13-9-4-3-7-11-15-19-23-27-31-35-39-46/h3,7,9,13,15,19,21,25,42-43,46-47H,4-6,8,10-12,14,16-18,20,22-24,26-41H2,1-2H3/b7-3-,13-9-,19-15-,25-21-/t43-/m1/s1. The van der Waals surface area contributed by atoms with Gasteiger partial charge in [-0.15, -0.1) is 0 Å². The Hall–Kier alpha value is -2.18. The fourth-order valence-corrected chi connectivity index (χ4v) is 5.83. The number of carbonyl (C=O) groups is 2. The van der Waals surface area contributed by atoms with Crippen molar-refractivity contribution in [3.63, 3.8) is 0 Å². The zero-order valence-electron chi connectivity index (χ0n) is 33.2. The molecule has 0 bridgehead atoms. The van der Waals surface area contributed by atoms with E-state index in [4.69, 9.17) is 14.6 Å². The van der Waals surface area contributed by atoms with Crippen molar-refractivity contribution in [2.24, 2.45) is 5.92 Å². The van der Waals surface area contributed by atoms with E-state index in [0.717, 1.165) is 76.5 Å². The molecule has 0 aliphatic carbocycles. The van der Waals surface area contributed by atoms with E-state index >= 15 is 0 Å².